The zero-order valence-corrected chi connectivity index (χ0v) is 12.5. The number of nitrogens with two attached hydrogens (primary N) is 1. The Bertz CT molecular complexity index is 725. The molecular weight excluding hydrogens is 342 g/mol. The molecule has 0 aromatic heterocycles. The van der Waals surface area contributed by atoms with Gasteiger partial charge in [0.25, 0.3) is 5.91 Å². The highest BCUT2D eigenvalue weighted by Crippen LogP contribution is 2.23. The lowest BCUT2D eigenvalue weighted by molar-refractivity contribution is 0.102. The first-order chi connectivity index (χ1) is 9.51. The molecule has 0 aliphatic heterocycles. The lowest BCUT2D eigenvalue weighted by atomic mass is 10.1. The van der Waals surface area contributed by atoms with E-state index in [0.29, 0.717) is 22.0 Å². The Hall–Kier alpha value is -2.03. The maximum atomic E-state index is 12.2. The average molecular weight is 351 g/mol. The number of hydrogen-bond acceptors (Lipinski definition) is 3. The summed E-state index contributed by atoms with van der Waals surface area (Å²) in [6.45, 7) is 0. The number of rotatable bonds is 2. The minimum atomic E-state index is -0.417. The summed E-state index contributed by atoms with van der Waals surface area (Å²) in [4.78, 5) is 12.2. The Morgan fingerprint density at radius 2 is 2.05 bits per heavy atom. The van der Waals surface area contributed by atoms with Crippen LogP contribution in [0, 0.1) is 11.3 Å². The molecule has 0 unspecified atom stereocenters. The van der Waals surface area contributed by atoms with E-state index in [1.807, 2.05) is 6.07 Å². The molecule has 100 valence electrons. The minimum absolute atomic E-state index is 0.265. The molecule has 0 radical (unpaired) electrons. The number of nitrogens with zero attached hydrogens (tertiary/aromatic N) is 1. The topological polar surface area (TPSA) is 78.9 Å². The summed E-state index contributed by atoms with van der Waals surface area (Å²) in [5.74, 6) is -0.417. The normalized spacial score (nSPS) is 9.85. The number of nitrogens with one attached hydrogen (secondary N) is 1. The number of hydrogen-bond donors (Lipinski definition) is 2. The van der Waals surface area contributed by atoms with E-state index in [4.69, 9.17) is 22.6 Å². The van der Waals surface area contributed by atoms with Crippen molar-refractivity contribution in [1.82, 2.24) is 0 Å². The Balaban J connectivity index is 2.35. The molecule has 6 heteroatoms. The zero-order chi connectivity index (χ0) is 14.7. The van der Waals surface area contributed by atoms with Gasteiger partial charge in [0, 0.05) is 15.2 Å². The van der Waals surface area contributed by atoms with Gasteiger partial charge in [-0.05, 0) is 36.4 Å². The Labute approximate surface area is 129 Å². The summed E-state index contributed by atoms with van der Waals surface area (Å²) in [6, 6.07) is 11.6. The summed E-state index contributed by atoms with van der Waals surface area (Å²) in [5, 5.41) is 12.1. The zero-order valence-electron chi connectivity index (χ0n) is 10.2. The van der Waals surface area contributed by atoms with Gasteiger partial charge in [0.05, 0.1) is 16.8 Å². The van der Waals surface area contributed by atoms with Crippen molar-refractivity contribution in [2.24, 2.45) is 0 Å². The molecule has 20 heavy (non-hydrogen) atoms. The highest BCUT2D eigenvalue weighted by Gasteiger charge is 2.13. The molecule has 3 N–H and O–H groups in total. The Morgan fingerprint density at radius 1 is 1.30 bits per heavy atom. The lowest BCUT2D eigenvalue weighted by Crippen LogP contribution is -2.14. The van der Waals surface area contributed by atoms with Gasteiger partial charge in [0.1, 0.15) is 6.07 Å². The fraction of sp³-hybridized carbons (Fsp3) is 0. The summed E-state index contributed by atoms with van der Waals surface area (Å²) in [7, 11) is 0. The lowest BCUT2D eigenvalue weighted by Gasteiger charge is -2.09. The van der Waals surface area contributed by atoms with Gasteiger partial charge < -0.3 is 11.1 Å². The average Bonchev–Trinajstić information content (AvgIpc) is 2.41. The van der Waals surface area contributed by atoms with Crippen molar-refractivity contribution in [1.29, 1.82) is 5.26 Å². The molecule has 2 aromatic rings. The van der Waals surface area contributed by atoms with Gasteiger partial charge in [0.15, 0.2) is 0 Å². The second-order valence-corrected chi connectivity index (χ2v) is 5.34. The standard InChI is InChI=1S/C14H9BrClN3O/c15-9-2-1-8(7-17)13(5-9)19-14(20)11-6-10(16)3-4-12(11)18/h1-6H,18H2,(H,19,20). The minimum Gasteiger partial charge on any atom is -0.398 e. The fourth-order valence-corrected chi connectivity index (χ4v) is 2.17. The monoisotopic (exact) mass is 349 g/mol. The van der Waals surface area contributed by atoms with Gasteiger partial charge in [0.2, 0.25) is 0 Å². The summed E-state index contributed by atoms with van der Waals surface area (Å²) in [5.41, 5.74) is 7.11. The largest absolute Gasteiger partial charge is 0.398 e. The van der Waals surface area contributed by atoms with Crippen molar-refractivity contribution in [3.63, 3.8) is 0 Å². The van der Waals surface area contributed by atoms with Crippen LogP contribution in [0.15, 0.2) is 40.9 Å². The number of anilines is 2. The van der Waals surface area contributed by atoms with Crippen LogP contribution in [-0.4, -0.2) is 5.91 Å². The smallest absolute Gasteiger partial charge is 0.257 e. The SMILES string of the molecule is N#Cc1ccc(Br)cc1NC(=O)c1cc(Cl)ccc1N. The number of benzene rings is 2. The van der Waals surface area contributed by atoms with Crippen LogP contribution in [0.4, 0.5) is 11.4 Å². The summed E-state index contributed by atoms with van der Waals surface area (Å²) < 4.78 is 0.755. The van der Waals surface area contributed by atoms with Crippen molar-refractivity contribution in [2.75, 3.05) is 11.1 Å². The van der Waals surface area contributed by atoms with E-state index in [9.17, 15) is 4.79 Å². The third kappa shape index (κ3) is 3.10. The molecule has 0 atom stereocenters. The molecule has 2 aromatic carbocycles. The Kier molecular flexibility index (Phi) is 4.28. The van der Waals surface area contributed by atoms with Gasteiger partial charge in [-0.25, -0.2) is 0 Å². The number of halogens is 2. The molecule has 0 aliphatic carbocycles. The highest BCUT2D eigenvalue weighted by molar-refractivity contribution is 9.10. The van der Waals surface area contributed by atoms with E-state index in [1.165, 1.54) is 6.07 Å². The molecule has 1 amide bonds. The molecule has 4 nitrogen and oxygen atoms in total. The molecular formula is C14H9BrClN3O. The fourth-order valence-electron chi connectivity index (χ4n) is 1.63. The second-order valence-electron chi connectivity index (χ2n) is 3.99. The first-order valence-electron chi connectivity index (χ1n) is 5.57. The molecule has 0 saturated carbocycles. The highest BCUT2D eigenvalue weighted by atomic mass is 79.9. The molecule has 0 heterocycles. The van der Waals surface area contributed by atoms with E-state index in [0.717, 1.165) is 4.47 Å². The van der Waals surface area contributed by atoms with Gasteiger partial charge >= 0.3 is 0 Å². The van der Waals surface area contributed by atoms with Gasteiger partial charge in [-0.1, -0.05) is 27.5 Å². The van der Waals surface area contributed by atoms with Gasteiger partial charge in [-0.15, -0.1) is 0 Å². The molecule has 0 spiro atoms. The predicted octanol–water partition coefficient (Wildman–Crippen LogP) is 3.81. The van der Waals surface area contributed by atoms with Gasteiger partial charge in [-0.3, -0.25) is 4.79 Å². The predicted molar refractivity (Wildman–Crippen MR) is 82.7 cm³/mol. The van der Waals surface area contributed by atoms with E-state index >= 15 is 0 Å². The van der Waals surface area contributed by atoms with E-state index < -0.39 is 5.91 Å². The van der Waals surface area contributed by atoms with Crippen LogP contribution in [0.1, 0.15) is 15.9 Å². The number of carbonyl (C=O) groups is 1. The van der Waals surface area contributed by atoms with Crippen LogP contribution >= 0.6 is 27.5 Å². The van der Waals surface area contributed by atoms with Crippen molar-refractivity contribution in [3.8, 4) is 6.07 Å². The van der Waals surface area contributed by atoms with Crippen LogP contribution < -0.4 is 11.1 Å². The molecule has 0 fully saturated rings. The van der Waals surface area contributed by atoms with Crippen molar-refractivity contribution in [3.05, 3.63) is 57.0 Å². The number of nitrogen functional groups attached to an aromatic ring is 1. The van der Waals surface area contributed by atoms with Crippen LogP contribution in [0.5, 0.6) is 0 Å². The van der Waals surface area contributed by atoms with Crippen molar-refractivity contribution >= 4 is 44.8 Å². The summed E-state index contributed by atoms with van der Waals surface area (Å²) >= 11 is 9.14. The van der Waals surface area contributed by atoms with Crippen molar-refractivity contribution in [2.45, 2.75) is 0 Å². The van der Waals surface area contributed by atoms with E-state index in [2.05, 4.69) is 21.2 Å². The third-order valence-electron chi connectivity index (χ3n) is 2.61. The third-order valence-corrected chi connectivity index (χ3v) is 3.34. The van der Waals surface area contributed by atoms with Gasteiger partial charge in [-0.2, -0.15) is 5.26 Å². The molecule has 0 aliphatic rings. The van der Waals surface area contributed by atoms with Crippen LogP contribution in [0.25, 0.3) is 0 Å². The van der Waals surface area contributed by atoms with Crippen molar-refractivity contribution < 1.29 is 4.79 Å². The first kappa shape index (κ1) is 14.4. The number of carbonyl (C=O) groups excluding carboxylic acids is 1. The molecule has 0 bridgehead atoms. The second kappa shape index (κ2) is 5.95. The molecule has 2 rings (SSSR count). The van der Waals surface area contributed by atoms with E-state index in [-0.39, 0.29) is 5.56 Å². The maximum Gasteiger partial charge on any atom is 0.257 e. The molecule has 0 saturated heterocycles. The van der Waals surface area contributed by atoms with Crippen LogP contribution in [0.2, 0.25) is 5.02 Å². The maximum absolute atomic E-state index is 12.2. The Morgan fingerprint density at radius 3 is 2.75 bits per heavy atom. The van der Waals surface area contributed by atoms with Crippen LogP contribution in [-0.2, 0) is 0 Å². The first-order valence-corrected chi connectivity index (χ1v) is 6.74. The van der Waals surface area contributed by atoms with E-state index in [1.54, 1.807) is 30.3 Å². The summed E-state index contributed by atoms with van der Waals surface area (Å²) in [6.07, 6.45) is 0. The number of amides is 1. The van der Waals surface area contributed by atoms with Crippen LogP contribution in [0.3, 0.4) is 0 Å². The quantitative estimate of drug-likeness (QED) is 0.808. The number of nitriles is 1.